The van der Waals surface area contributed by atoms with Crippen LogP contribution in [0.15, 0.2) is 28.7 Å². The minimum Gasteiger partial charge on any atom is -0.292 e. The zero-order valence-electron chi connectivity index (χ0n) is 9.07. The fraction of sp³-hybridized carbons (Fsp3) is 0.231. The van der Waals surface area contributed by atoms with Gasteiger partial charge in [-0.1, -0.05) is 34.1 Å². The highest BCUT2D eigenvalue weighted by molar-refractivity contribution is 9.10. The third-order valence-corrected chi connectivity index (χ3v) is 4.71. The summed E-state index contributed by atoms with van der Waals surface area (Å²) in [6, 6.07) is 7.99. The van der Waals surface area contributed by atoms with Gasteiger partial charge in [-0.05, 0) is 18.9 Å². The number of carbonyl (C=O) groups excluding carboxylic acids is 1. The van der Waals surface area contributed by atoms with E-state index < -0.39 is 0 Å². The highest BCUT2D eigenvalue weighted by Crippen LogP contribution is 2.35. The molecule has 17 heavy (non-hydrogen) atoms. The average Bonchev–Trinajstić information content (AvgIpc) is 2.75. The molecule has 3 rings (SSSR count). The lowest BCUT2D eigenvalue weighted by Crippen LogP contribution is -2.08. The number of Topliss-reactive ketones (excluding diaryl/α,β-unsaturated/α-hetero) is 1. The van der Waals surface area contributed by atoms with Crippen LogP contribution in [0.3, 0.4) is 0 Å². The summed E-state index contributed by atoms with van der Waals surface area (Å²) >= 11 is 5.17. The maximum Gasteiger partial charge on any atom is 0.182 e. The van der Waals surface area contributed by atoms with Gasteiger partial charge in [0.15, 0.2) is 5.78 Å². The Balaban J connectivity index is 2.11. The minimum atomic E-state index is 0.195. The van der Waals surface area contributed by atoms with Gasteiger partial charge in [-0.25, -0.2) is 4.98 Å². The molecule has 0 saturated carbocycles. The molecule has 0 atom stereocenters. The van der Waals surface area contributed by atoms with Crippen LogP contribution in [-0.2, 0) is 6.42 Å². The van der Waals surface area contributed by atoms with E-state index in [1.165, 1.54) is 0 Å². The molecule has 86 valence electrons. The molecule has 0 bridgehead atoms. The number of ketones is 1. The Morgan fingerprint density at radius 1 is 1.24 bits per heavy atom. The van der Waals surface area contributed by atoms with Crippen LogP contribution in [0.1, 0.15) is 28.2 Å². The van der Waals surface area contributed by atoms with Crippen molar-refractivity contribution in [1.82, 2.24) is 4.98 Å². The second kappa shape index (κ2) is 4.35. The van der Waals surface area contributed by atoms with E-state index in [9.17, 15) is 4.79 Å². The molecule has 1 aromatic carbocycles. The van der Waals surface area contributed by atoms with Gasteiger partial charge in [0, 0.05) is 21.3 Å². The average molecular weight is 308 g/mol. The summed E-state index contributed by atoms with van der Waals surface area (Å²) in [5.74, 6) is 0.195. The Morgan fingerprint density at radius 2 is 2.06 bits per heavy atom. The summed E-state index contributed by atoms with van der Waals surface area (Å²) in [6.45, 7) is 0. The van der Waals surface area contributed by atoms with Crippen LogP contribution in [0.25, 0.3) is 10.6 Å². The maximum absolute atomic E-state index is 11.7. The van der Waals surface area contributed by atoms with Crippen molar-refractivity contribution in [2.24, 2.45) is 0 Å². The first kappa shape index (κ1) is 11.1. The molecule has 1 aliphatic carbocycles. The zero-order chi connectivity index (χ0) is 11.8. The zero-order valence-corrected chi connectivity index (χ0v) is 11.5. The van der Waals surface area contributed by atoms with E-state index in [1.54, 1.807) is 11.3 Å². The maximum atomic E-state index is 11.7. The lowest BCUT2D eigenvalue weighted by molar-refractivity contribution is 0.0968. The van der Waals surface area contributed by atoms with Gasteiger partial charge in [0.2, 0.25) is 0 Å². The second-order valence-corrected chi connectivity index (χ2v) is 5.99. The van der Waals surface area contributed by atoms with Gasteiger partial charge in [-0.15, -0.1) is 11.3 Å². The molecule has 0 spiro atoms. The van der Waals surface area contributed by atoms with Crippen molar-refractivity contribution in [1.29, 1.82) is 0 Å². The van der Waals surface area contributed by atoms with E-state index in [1.807, 2.05) is 24.3 Å². The predicted molar refractivity (Wildman–Crippen MR) is 72.5 cm³/mol. The van der Waals surface area contributed by atoms with Crippen LogP contribution in [0, 0.1) is 0 Å². The van der Waals surface area contributed by atoms with Crippen LogP contribution in [0.5, 0.6) is 0 Å². The Hall–Kier alpha value is -1.000. The molecule has 0 N–H and O–H groups in total. The number of benzene rings is 1. The number of carbonyl (C=O) groups is 1. The summed E-state index contributed by atoms with van der Waals surface area (Å²) < 4.78 is 1.03. The first-order valence-electron chi connectivity index (χ1n) is 5.53. The first-order valence-corrected chi connectivity index (χ1v) is 7.14. The summed E-state index contributed by atoms with van der Waals surface area (Å²) in [7, 11) is 0. The van der Waals surface area contributed by atoms with Crippen molar-refractivity contribution >= 4 is 33.0 Å². The van der Waals surface area contributed by atoms with E-state index in [0.717, 1.165) is 32.8 Å². The van der Waals surface area contributed by atoms with Crippen molar-refractivity contribution < 1.29 is 4.79 Å². The second-order valence-electron chi connectivity index (χ2n) is 4.05. The first-order chi connectivity index (χ1) is 8.25. The van der Waals surface area contributed by atoms with Gasteiger partial charge in [0.25, 0.3) is 0 Å². The van der Waals surface area contributed by atoms with Gasteiger partial charge >= 0.3 is 0 Å². The van der Waals surface area contributed by atoms with Crippen LogP contribution < -0.4 is 0 Å². The van der Waals surface area contributed by atoms with Gasteiger partial charge in [0.1, 0.15) is 10.7 Å². The predicted octanol–water partition coefficient (Wildman–Crippen LogP) is 4.09. The molecule has 0 radical (unpaired) electrons. The Labute approximate surface area is 112 Å². The van der Waals surface area contributed by atoms with Gasteiger partial charge in [-0.2, -0.15) is 0 Å². The Bertz CT molecular complexity index is 591. The molecular formula is C13H10BrNOS. The summed E-state index contributed by atoms with van der Waals surface area (Å²) in [4.78, 5) is 17.4. The van der Waals surface area contributed by atoms with Crippen LogP contribution >= 0.6 is 27.3 Å². The number of thiazole rings is 1. The molecule has 0 aliphatic heterocycles. The van der Waals surface area contributed by atoms with E-state index >= 15 is 0 Å². The fourth-order valence-corrected chi connectivity index (χ4v) is 3.78. The number of nitrogens with zero attached hydrogens (tertiary/aromatic N) is 1. The van der Waals surface area contributed by atoms with Crippen molar-refractivity contribution in [3.05, 3.63) is 39.3 Å². The lowest BCUT2D eigenvalue weighted by Gasteiger charge is -2.06. The molecule has 0 saturated heterocycles. The molecule has 1 aliphatic rings. The molecule has 1 heterocycles. The molecule has 0 unspecified atom stereocenters. The SMILES string of the molecule is O=C1CCCc2sc(-c3ccccc3Br)nc21. The lowest BCUT2D eigenvalue weighted by atomic mass is 10.0. The van der Waals surface area contributed by atoms with Crippen molar-refractivity contribution in [2.75, 3.05) is 0 Å². The molecule has 0 fully saturated rings. The van der Waals surface area contributed by atoms with Crippen LogP contribution in [0.2, 0.25) is 0 Å². The molecule has 1 aromatic heterocycles. The number of halogens is 1. The smallest absolute Gasteiger partial charge is 0.182 e. The monoisotopic (exact) mass is 307 g/mol. The number of hydrogen-bond acceptors (Lipinski definition) is 3. The molecule has 2 nitrogen and oxygen atoms in total. The number of hydrogen-bond donors (Lipinski definition) is 0. The highest BCUT2D eigenvalue weighted by atomic mass is 79.9. The Morgan fingerprint density at radius 3 is 2.82 bits per heavy atom. The van der Waals surface area contributed by atoms with Gasteiger partial charge in [0.05, 0.1) is 0 Å². The third kappa shape index (κ3) is 1.96. The topological polar surface area (TPSA) is 30.0 Å². The number of aryl methyl sites for hydroxylation is 1. The minimum absolute atomic E-state index is 0.195. The number of rotatable bonds is 1. The largest absolute Gasteiger partial charge is 0.292 e. The Kier molecular flexibility index (Phi) is 2.84. The number of aromatic nitrogens is 1. The normalized spacial score (nSPS) is 14.8. The third-order valence-electron chi connectivity index (χ3n) is 2.87. The molecule has 0 amide bonds. The summed E-state index contributed by atoms with van der Waals surface area (Å²) in [6.07, 6.45) is 2.60. The fourth-order valence-electron chi connectivity index (χ4n) is 2.02. The molecule has 4 heteroatoms. The number of fused-ring (bicyclic) bond motifs is 1. The van der Waals surface area contributed by atoms with Gasteiger partial charge in [-0.3, -0.25) is 4.79 Å². The van der Waals surface area contributed by atoms with Crippen LogP contribution in [0.4, 0.5) is 0 Å². The van der Waals surface area contributed by atoms with Crippen molar-refractivity contribution in [3.8, 4) is 10.6 Å². The van der Waals surface area contributed by atoms with Crippen molar-refractivity contribution in [2.45, 2.75) is 19.3 Å². The summed E-state index contributed by atoms with van der Waals surface area (Å²) in [5.41, 5.74) is 1.77. The quantitative estimate of drug-likeness (QED) is 0.794. The van der Waals surface area contributed by atoms with Gasteiger partial charge < -0.3 is 0 Å². The van der Waals surface area contributed by atoms with E-state index in [4.69, 9.17) is 0 Å². The highest BCUT2D eigenvalue weighted by Gasteiger charge is 2.23. The van der Waals surface area contributed by atoms with Crippen LogP contribution in [-0.4, -0.2) is 10.8 Å². The van der Waals surface area contributed by atoms with E-state index in [0.29, 0.717) is 12.1 Å². The molecule has 2 aromatic rings. The van der Waals surface area contributed by atoms with E-state index in [-0.39, 0.29) is 5.78 Å². The van der Waals surface area contributed by atoms with Crippen molar-refractivity contribution in [3.63, 3.8) is 0 Å². The molecular weight excluding hydrogens is 298 g/mol. The summed E-state index contributed by atoms with van der Waals surface area (Å²) in [5, 5.41) is 0.942. The van der Waals surface area contributed by atoms with E-state index in [2.05, 4.69) is 20.9 Å². The standard InChI is InChI=1S/C13H10BrNOS/c14-9-5-2-1-4-8(9)13-15-12-10(16)6-3-7-11(12)17-13/h1-2,4-5H,3,6-7H2.